The zero-order valence-electron chi connectivity index (χ0n) is 31.6. The summed E-state index contributed by atoms with van der Waals surface area (Å²) in [5, 5.41) is 6.87. The van der Waals surface area contributed by atoms with Gasteiger partial charge < -0.3 is 9.32 Å². The molecule has 0 radical (unpaired) electrons. The van der Waals surface area contributed by atoms with E-state index in [2.05, 4.69) is 223 Å². The molecule has 11 aromatic rings. The predicted octanol–water partition coefficient (Wildman–Crippen LogP) is 15.6. The van der Waals surface area contributed by atoms with E-state index in [-0.39, 0.29) is 0 Å². The Morgan fingerprint density at radius 2 is 0.966 bits per heavy atom. The molecule has 0 atom stereocenters. The molecule has 0 aliphatic heterocycles. The van der Waals surface area contributed by atoms with Crippen LogP contribution in [0.25, 0.3) is 88.0 Å². The van der Waals surface area contributed by atoms with Crippen LogP contribution in [0.1, 0.15) is 0 Å². The minimum Gasteiger partial charge on any atom is -0.447 e. The SMILES string of the molecule is c1ccc2c(c#1)oc1ccc3ccc(-c4ccc(N(c5cccc(-c6ccccc6)c5)c5ccc6cc(-c7ccccc7)ccc6c5)cc4-c4ccccc4)cc3c12. The van der Waals surface area contributed by atoms with Crippen molar-refractivity contribution < 1.29 is 4.42 Å². The first kappa shape index (κ1) is 33.5. The predicted molar refractivity (Wildman–Crippen MR) is 243 cm³/mol. The highest BCUT2D eigenvalue weighted by molar-refractivity contribution is 6.19. The zero-order chi connectivity index (χ0) is 38.4. The zero-order valence-corrected chi connectivity index (χ0v) is 31.6. The minimum atomic E-state index is 0.728. The fraction of sp³-hybridized carbons (Fsp3) is 0. The average Bonchev–Trinajstić information content (AvgIpc) is 3.69. The van der Waals surface area contributed by atoms with Crippen molar-refractivity contribution in [1.82, 2.24) is 0 Å². The normalized spacial score (nSPS) is 11.3. The first-order valence-corrected chi connectivity index (χ1v) is 19.7. The second kappa shape index (κ2) is 14.0. The molecule has 58 heavy (non-hydrogen) atoms. The van der Waals surface area contributed by atoms with Gasteiger partial charge in [-0.25, -0.2) is 0 Å². The minimum absolute atomic E-state index is 0.728. The summed E-state index contributed by atoms with van der Waals surface area (Å²) in [5.41, 5.74) is 14.2. The Bertz CT molecular complexity index is 3270. The van der Waals surface area contributed by atoms with Crippen molar-refractivity contribution in [2.75, 3.05) is 4.90 Å². The van der Waals surface area contributed by atoms with Crippen LogP contribution in [0.15, 0.2) is 217 Å². The van der Waals surface area contributed by atoms with Gasteiger partial charge in [-0.05, 0) is 139 Å². The molecular formula is C56H35NO. The summed E-state index contributed by atoms with van der Waals surface area (Å²) in [6, 6.07) is 82.5. The van der Waals surface area contributed by atoms with Crippen LogP contribution in [0.2, 0.25) is 0 Å². The number of fused-ring (bicyclic) bond motifs is 6. The van der Waals surface area contributed by atoms with E-state index < -0.39 is 0 Å². The molecule has 270 valence electrons. The second-order valence-electron chi connectivity index (χ2n) is 14.8. The number of nitrogens with zero attached hydrogens (tertiary/aromatic N) is 1. The molecular weight excluding hydrogens is 703 g/mol. The topological polar surface area (TPSA) is 16.4 Å². The maximum absolute atomic E-state index is 6.22. The summed E-state index contributed by atoms with van der Waals surface area (Å²) < 4.78 is 6.22. The Morgan fingerprint density at radius 3 is 1.76 bits per heavy atom. The molecule has 1 heterocycles. The van der Waals surface area contributed by atoms with Crippen LogP contribution in [0.4, 0.5) is 17.1 Å². The number of benzene rings is 9. The summed E-state index contributed by atoms with van der Waals surface area (Å²) in [6.07, 6.45) is 0. The van der Waals surface area contributed by atoms with Gasteiger partial charge >= 0.3 is 0 Å². The summed E-state index contributed by atoms with van der Waals surface area (Å²) in [6.45, 7) is 0. The van der Waals surface area contributed by atoms with Crippen LogP contribution in [0.3, 0.4) is 0 Å². The van der Waals surface area contributed by atoms with Crippen LogP contribution >= 0.6 is 0 Å². The fourth-order valence-corrected chi connectivity index (χ4v) is 8.46. The summed E-state index contributed by atoms with van der Waals surface area (Å²) >= 11 is 0. The molecule has 0 N–H and O–H groups in total. The maximum Gasteiger partial charge on any atom is 0.185 e. The molecule has 0 saturated heterocycles. The largest absolute Gasteiger partial charge is 0.447 e. The third-order valence-corrected chi connectivity index (χ3v) is 11.3. The van der Waals surface area contributed by atoms with E-state index in [0.29, 0.717) is 0 Å². The van der Waals surface area contributed by atoms with E-state index in [0.717, 1.165) is 66.6 Å². The average molecular weight is 738 g/mol. The number of anilines is 3. The van der Waals surface area contributed by atoms with Gasteiger partial charge in [-0.2, -0.15) is 0 Å². The molecule has 0 aliphatic rings. The first-order chi connectivity index (χ1) is 28.7. The molecule has 0 unspecified atom stereocenters. The van der Waals surface area contributed by atoms with Crippen LogP contribution in [0.5, 0.6) is 0 Å². The first-order valence-electron chi connectivity index (χ1n) is 19.7. The monoisotopic (exact) mass is 737 g/mol. The molecule has 0 bridgehead atoms. The van der Waals surface area contributed by atoms with Gasteiger partial charge in [-0.1, -0.05) is 152 Å². The Kier molecular flexibility index (Phi) is 8.09. The highest BCUT2D eigenvalue weighted by atomic mass is 16.3. The van der Waals surface area contributed by atoms with Gasteiger partial charge in [0.05, 0.1) is 0 Å². The Morgan fingerprint density at radius 1 is 0.362 bits per heavy atom. The number of hydrogen-bond donors (Lipinski definition) is 0. The van der Waals surface area contributed by atoms with Crippen LogP contribution in [0, 0.1) is 12.1 Å². The van der Waals surface area contributed by atoms with E-state index >= 15 is 0 Å². The van der Waals surface area contributed by atoms with Crippen LogP contribution < -0.4 is 4.90 Å². The van der Waals surface area contributed by atoms with E-state index in [9.17, 15) is 0 Å². The Hall–Kier alpha value is -7.86. The molecule has 0 fully saturated rings. The van der Waals surface area contributed by atoms with Gasteiger partial charge in [0.2, 0.25) is 0 Å². The maximum atomic E-state index is 6.22. The highest BCUT2D eigenvalue weighted by Gasteiger charge is 2.19. The third kappa shape index (κ3) is 5.95. The smallest absolute Gasteiger partial charge is 0.185 e. The number of furan rings is 1. The summed E-state index contributed by atoms with van der Waals surface area (Å²) in [5.74, 6) is 0. The lowest BCUT2D eigenvalue weighted by atomic mass is 9.91. The lowest BCUT2D eigenvalue weighted by molar-refractivity contribution is 0.669. The molecule has 0 saturated carbocycles. The summed E-state index contributed by atoms with van der Waals surface area (Å²) in [4.78, 5) is 2.39. The Balaban J connectivity index is 1.10. The van der Waals surface area contributed by atoms with Gasteiger partial charge in [-0.15, -0.1) is 0 Å². The molecule has 11 rings (SSSR count). The quantitative estimate of drug-likeness (QED) is 0.162. The molecule has 2 heteroatoms. The van der Waals surface area contributed by atoms with E-state index in [4.69, 9.17) is 4.42 Å². The van der Waals surface area contributed by atoms with Crippen molar-refractivity contribution >= 4 is 60.5 Å². The fourth-order valence-electron chi connectivity index (χ4n) is 8.46. The van der Waals surface area contributed by atoms with Crippen molar-refractivity contribution in [1.29, 1.82) is 0 Å². The van der Waals surface area contributed by atoms with Gasteiger partial charge in [0.15, 0.2) is 5.58 Å². The number of hydrogen-bond acceptors (Lipinski definition) is 2. The molecule has 1 aromatic heterocycles. The van der Waals surface area contributed by atoms with Crippen molar-refractivity contribution in [3.05, 3.63) is 224 Å². The number of rotatable bonds is 7. The standard InChI is InChI=1S/C56H35NO/c1-4-13-38(14-5-1)42-19-12-20-47(34-42)57(48-29-27-44-33-43(24-25-45(44)35-48)39-15-6-2-7-16-39)49-30-31-50(52(37-49)40-17-8-3-9-18-40)46-26-23-41-28-32-55-56(53(41)36-46)51-21-10-11-22-54(51)58-55/h1-10,12-21,23-37H. The molecule has 0 spiro atoms. The van der Waals surface area contributed by atoms with Crippen molar-refractivity contribution in [3.63, 3.8) is 0 Å². The van der Waals surface area contributed by atoms with Crippen LogP contribution in [-0.4, -0.2) is 0 Å². The Labute approximate surface area is 337 Å². The molecule has 0 aliphatic carbocycles. The second-order valence-corrected chi connectivity index (χ2v) is 14.8. The molecule has 0 amide bonds. The van der Waals surface area contributed by atoms with Gasteiger partial charge in [-0.3, -0.25) is 0 Å². The lowest BCUT2D eigenvalue weighted by Gasteiger charge is -2.28. The molecule has 2 nitrogen and oxygen atoms in total. The van der Waals surface area contributed by atoms with Crippen molar-refractivity contribution in [2.24, 2.45) is 0 Å². The van der Waals surface area contributed by atoms with Crippen LogP contribution in [-0.2, 0) is 0 Å². The van der Waals surface area contributed by atoms with Gasteiger partial charge in [0.25, 0.3) is 0 Å². The van der Waals surface area contributed by atoms with Gasteiger partial charge in [0, 0.05) is 27.8 Å². The highest BCUT2D eigenvalue weighted by Crippen LogP contribution is 2.44. The molecule has 10 aromatic carbocycles. The van der Waals surface area contributed by atoms with Crippen molar-refractivity contribution in [2.45, 2.75) is 0 Å². The van der Waals surface area contributed by atoms with E-state index in [1.807, 2.05) is 6.07 Å². The summed E-state index contributed by atoms with van der Waals surface area (Å²) in [7, 11) is 0. The third-order valence-electron chi connectivity index (χ3n) is 11.3. The van der Waals surface area contributed by atoms with E-state index in [1.165, 1.54) is 38.4 Å². The van der Waals surface area contributed by atoms with Crippen molar-refractivity contribution in [3.8, 4) is 44.5 Å². The van der Waals surface area contributed by atoms with Gasteiger partial charge in [0.1, 0.15) is 5.58 Å². The van der Waals surface area contributed by atoms with E-state index in [1.54, 1.807) is 0 Å². The lowest BCUT2D eigenvalue weighted by Crippen LogP contribution is -2.10.